The zero-order valence-corrected chi connectivity index (χ0v) is 15.2. The van der Waals surface area contributed by atoms with Crippen molar-refractivity contribution >= 4 is 17.7 Å². The maximum atomic E-state index is 12.6. The van der Waals surface area contributed by atoms with Gasteiger partial charge in [0.1, 0.15) is 0 Å². The molecule has 1 N–H and O–H groups in total. The molecule has 0 spiro atoms. The van der Waals surface area contributed by atoms with Gasteiger partial charge in [0.25, 0.3) is 0 Å². The van der Waals surface area contributed by atoms with Gasteiger partial charge in [-0.3, -0.25) is 4.79 Å². The molecule has 2 atom stereocenters. The van der Waals surface area contributed by atoms with E-state index in [1.54, 1.807) is 11.8 Å². The predicted molar refractivity (Wildman–Crippen MR) is 103 cm³/mol. The van der Waals surface area contributed by atoms with Crippen molar-refractivity contribution in [2.45, 2.75) is 42.7 Å². The Labute approximate surface area is 154 Å². The van der Waals surface area contributed by atoms with Crippen LogP contribution in [0.1, 0.15) is 24.8 Å². The van der Waals surface area contributed by atoms with Gasteiger partial charge in [-0.25, -0.2) is 0 Å². The molecule has 0 aliphatic carbocycles. The van der Waals surface area contributed by atoms with Crippen LogP contribution in [0.25, 0.3) is 0 Å². The first kappa shape index (κ1) is 18.0. The van der Waals surface area contributed by atoms with Crippen LogP contribution < -0.4 is 0 Å². The van der Waals surface area contributed by atoms with Crippen LogP contribution in [0, 0.1) is 0 Å². The van der Waals surface area contributed by atoms with Crippen molar-refractivity contribution < 1.29 is 9.90 Å². The van der Waals surface area contributed by atoms with Crippen LogP contribution in [0.2, 0.25) is 0 Å². The molecule has 0 aromatic heterocycles. The quantitative estimate of drug-likeness (QED) is 0.802. The zero-order valence-electron chi connectivity index (χ0n) is 14.4. The number of benzene rings is 2. The number of nitrogens with zero attached hydrogens (tertiary/aromatic N) is 1. The lowest BCUT2D eigenvalue weighted by Crippen LogP contribution is -2.43. The number of amides is 1. The normalized spacial score (nSPS) is 19.5. The minimum absolute atomic E-state index is 0.144. The van der Waals surface area contributed by atoms with Crippen LogP contribution in [-0.4, -0.2) is 40.4 Å². The number of rotatable bonds is 6. The number of hydrogen-bond acceptors (Lipinski definition) is 3. The number of carbonyl (C=O) groups excluding carboxylic acids is 1. The summed E-state index contributed by atoms with van der Waals surface area (Å²) in [4.78, 5) is 15.8. The van der Waals surface area contributed by atoms with Crippen LogP contribution in [0.15, 0.2) is 65.6 Å². The monoisotopic (exact) mass is 355 g/mol. The summed E-state index contributed by atoms with van der Waals surface area (Å²) < 4.78 is 0. The second kappa shape index (κ2) is 9.07. The standard InChI is InChI=1S/C21H25NO2S/c23-19-11-12-21(24)22(14-13-19)18(15-17-7-3-1-4-8-17)16-25-20-9-5-2-6-10-20/h1-10,18-19,23H,11-16H2/t18-,19-/m0/s1. The molecule has 3 rings (SSSR count). The molecule has 1 amide bonds. The Morgan fingerprint density at radius 3 is 2.44 bits per heavy atom. The van der Waals surface area contributed by atoms with E-state index in [1.165, 1.54) is 10.5 Å². The molecule has 25 heavy (non-hydrogen) atoms. The Morgan fingerprint density at radius 2 is 1.72 bits per heavy atom. The number of hydrogen-bond donors (Lipinski definition) is 1. The molecular weight excluding hydrogens is 330 g/mol. The predicted octanol–water partition coefficient (Wildman–Crippen LogP) is 3.76. The molecule has 132 valence electrons. The summed E-state index contributed by atoms with van der Waals surface area (Å²) in [6, 6.07) is 20.8. The van der Waals surface area contributed by atoms with Crippen molar-refractivity contribution in [2.75, 3.05) is 12.3 Å². The maximum absolute atomic E-state index is 12.6. The second-order valence-electron chi connectivity index (χ2n) is 6.54. The van der Waals surface area contributed by atoms with Crippen LogP contribution >= 0.6 is 11.8 Å². The van der Waals surface area contributed by atoms with Crippen molar-refractivity contribution in [1.82, 2.24) is 4.90 Å². The molecule has 3 nitrogen and oxygen atoms in total. The van der Waals surface area contributed by atoms with Gasteiger partial charge >= 0.3 is 0 Å². The van der Waals surface area contributed by atoms with E-state index in [-0.39, 0.29) is 18.1 Å². The first-order valence-electron chi connectivity index (χ1n) is 8.91. The van der Waals surface area contributed by atoms with Gasteiger partial charge in [0.2, 0.25) is 5.91 Å². The molecule has 2 aromatic carbocycles. The smallest absolute Gasteiger partial charge is 0.222 e. The summed E-state index contributed by atoms with van der Waals surface area (Å²) in [6.07, 6.45) is 2.20. The molecule has 0 unspecified atom stereocenters. The molecule has 0 radical (unpaired) electrons. The number of likely N-dealkylation sites (tertiary alicyclic amines) is 1. The molecule has 4 heteroatoms. The average Bonchev–Trinajstić information content (AvgIpc) is 2.82. The van der Waals surface area contributed by atoms with Crippen molar-refractivity contribution in [2.24, 2.45) is 0 Å². The number of aliphatic hydroxyl groups is 1. The molecule has 1 fully saturated rings. The number of aliphatic hydroxyl groups excluding tert-OH is 1. The zero-order chi connectivity index (χ0) is 17.5. The maximum Gasteiger partial charge on any atom is 0.222 e. The SMILES string of the molecule is O=C1CC[C@H](O)CCN1[C@H](CSc1ccccc1)Cc1ccccc1. The fourth-order valence-electron chi connectivity index (χ4n) is 3.23. The van der Waals surface area contributed by atoms with Gasteiger partial charge in [0.15, 0.2) is 0 Å². The van der Waals surface area contributed by atoms with Crippen LogP contribution in [-0.2, 0) is 11.2 Å². The van der Waals surface area contributed by atoms with Gasteiger partial charge < -0.3 is 10.0 Å². The Bertz CT molecular complexity index is 662. The van der Waals surface area contributed by atoms with Crippen molar-refractivity contribution in [3.05, 3.63) is 66.2 Å². The number of carbonyl (C=O) groups is 1. The van der Waals surface area contributed by atoms with E-state index in [4.69, 9.17) is 0 Å². The third-order valence-corrected chi connectivity index (χ3v) is 5.81. The fourth-order valence-corrected chi connectivity index (χ4v) is 4.26. The lowest BCUT2D eigenvalue weighted by atomic mass is 10.1. The molecule has 1 heterocycles. The molecule has 0 saturated carbocycles. The Hall–Kier alpha value is -1.78. The van der Waals surface area contributed by atoms with Gasteiger partial charge in [-0.05, 0) is 37.0 Å². The molecule has 1 aliphatic heterocycles. The summed E-state index contributed by atoms with van der Waals surface area (Å²) in [5.74, 6) is 1.03. The first-order valence-corrected chi connectivity index (χ1v) is 9.90. The van der Waals surface area contributed by atoms with E-state index >= 15 is 0 Å². The third kappa shape index (κ3) is 5.35. The largest absolute Gasteiger partial charge is 0.393 e. The summed E-state index contributed by atoms with van der Waals surface area (Å²) in [7, 11) is 0. The van der Waals surface area contributed by atoms with E-state index in [1.807, 2.05) is 41.3 Å². The van der Waals surface area contributed by atoms with Crippen LogP contribution in [0.3, 0.4) is 0 Å². The first-order chi connectivity index (χ1) is 12.2. The Morgan fingerprint density at radius 1 is 1.04 bits per heavy atom. The highest BCUT2D eigenvalue weighted by molar-refractivity contribution is 7.99. The highest BCUT2D eigenvalue weighted by Gasteiger charge is 2.27. The topological polar surface area (TPSA) is 40.5 Å². The van der Waals surface area contributed by atoms with Gasteiger partial charge in [-0.15, -0.1) is 11.8 Å². The van der Waals surface area contributed by atoms with Gasteiger partial charge in [0, 0.05) is 29.7 Å². The van der Waals surface area contributed by atoms with E-state index in [9.17, 15) is 9.90 Å². The number of thioether (sulfide) groups is 1. The highest BCUT2D eigenvalue weighted by atomic mass is 32.2. The third-order valence-electron chi connectivity index (χ3n) is 4.66. The van der Waals surface area contributed by atoms with E-state index < -0.39 is 0 Å². The molecule has 2 aromatic rings. The summed E-state index contributed by atoms with van der Waals surface area (Å²) in [5.41, 5.74) is 1.25. The summed E-state index contributed by atoms with van der Waals surface area (Å²) in [5, 5.41) is 9.92. The van der Waals surface area contributed by atoms with Gasteiger partial charge in [-0.2, -0.15) is 0 Å². The molecule has 1 aliphatic rings. The Kier molecular flexibility index (Phi) is 6.54. The second-order valence-corrected chi connectivity index (χ2v) is 7.63. The van der Waals surface area contributed by atoms with Crippen molar-refractivity contribution in [3.63, 3.8) is 0 Å². The minimum atomic E-state index is -0.354. The van der Waals surface area contributed by atoms with Gasteiger partial charge in [0.05, 0.1) is 6.10 Å². The van der Waals surface area contributed by atoms with Crippen LogP contribution in [0.4, 0.5) is 0 Å². The van der Waals surface area contributed by atoms with E-state index in [0.29, 0.717) is 25.8 Å². The molecular formula is C21H25NO2S. The highest BCUT2D eigenvalue weighted by Crippen LogP contribution is 2.24. The fraction of sp³-hybridized carbons (Fsp3) is 0.381. The lowest BCUT2D eigenvalue weighted by Gasteiger charge is -2.31. The van der Waals surface area contributed by atoms with Crippen molar-refractivity contribution in [1.29, 1.82) is 0 Å². The van der Waals surface area contributed by atoms with Crippen LogP contribution in [0.5, 0.6) is 0 Å². The Balaban J connectivity index is 1.74. The molecule has 1 saturated heterocycles. The summed E-state index contributed by atoms with van der Waals surface area (Å²) in [6.45, 7) is 0.646. The van der Waals surface area contributed by atoms with E-state index in [2.05, 4.69) is 24.3 Å². The molecule has 0 bridgehead atoms. The average molecular weight is 356 g/mol. The van der Waals surface area contributed by atoms with Crippen molar-refractivity contribution in [3.8, 4) is 0 Å². The summed E-state index contributed by atoms with van der Waals surface area (Å²) >= 11 is 1.79. The lowest BCUT2D eigenvalue weighted by molar-refractivity contribution is -0.132. The minimum Gasteiger partial charge on any atom is -0.393 e. The van der Waals surface area contributed by atoms with Gasteiger partial charge in [-0.1, -0.05) is 48.5 Å². The van der Waals surface area contributed by atoms with E-state index in [0.717, 1.165) is 12.2 Å².